The Morgan fingerprint density at radius 1 is 0.889 bits per heavy atom. The summed E-state index contributed by atoms with van der Waals surface area (Å²) < 4.78 is 0. The number of phenols is 1. The SMILES string of the molecule is CCN(CC)C(=O)c1ccc(C(c2cccc(O)c2)N2C[C@@H](C)N(Cc3ccccc3)C[C@H]2C)cc1. The monoisotopic (exact) mass is 485 g/mol. The number of carbonyl (C=O) groups excluding carboxylic acids is 1. The first-order valence-corrected chi connectivity index (χ1v) is 13.1. The van der Waals surface area contributed by atoms with Crippen LogP contribution in [-0.2, 0) is 6.54 Å². The molecule has 1 saturated heterocycles. The van der Waals surface area contributed by atoms with Gasteiger partial charge in [-0.05, 0) is 68.7 Å². The van der Waals surface area contributed by atoms with Crippen molar-refractivity contribution in [2.45, 2.75) is 52.4 Å². The molecule has 0 aromatic heterocycles. The lowest BCUT2D eigenvalue weighted by atomic mass is 9.92. The van der Waals surface area contributed by atoms with Crippen molar-refractivity contribution < 1.29 is 9.90 Å². The van der Waals surface area contributed by atoms with Crippen molar-refractivity contribution in [3.05, 3.63) is 101 Å². The van der Waals surface area contributed by atoms with E-state index in [1.807, 2.05) is 43.0 Å². The van der Waals surface area contributed by atoms with Gasteiger partial charge in [0.25, 0.3) is 5.91 Å². The number of piperazine rings is 1. The fourth-order valence-corrected chi connectivity index (χ4v) is 5.39. The molecule has 1 aliphatic heterocycles. The third-order valence-electron chi connectivity index (χ3n) is 7.43. The molecule has 0 aliphatic carbocycles. The predicted octanol–water partition coefficient (Wildman–Crippen LogP) is 5.56. The summed E-state index contributed by atoms with van der Waals surface area (Å²) in [7, 11) is 0. The fraction of sp³-hybridized carbons (Fsp3) is 0.387. The summed E-state index contributed by atoms with van der Waals surface area (Å²) in [5.74, 6) is 0.339. The average Bonchev–Trinajstić information content (AvgIpc) is 2.89. The van der Waals surface area contributed by atoms with Gasteiger partial charge in [-0.1, -0.05) is 54.6 Å². The number of benzene rings is 3. The van der Waals surface area contributed by atoms with E-state index in [2.05, 4.69) is 72.2 Å². The predicted molar refractivity (Wildman–Crippen MR) is 146 cm³/mol. The molecule has 1 amide bonds. The maximum absolute atomic E-state index is 12.9. The van der Waals surface area contributed by atoms with E-state index in [9.17, 15) is 9.90 Å². The van der Waals surface area contributed by atoms with Gasteiger partial charge in [0.05, 0.1) is 6.04 Å². The van der Waals surface area contributed by atoms with Crippen molar-refractivity contribution in [2.75, 3.05) is 26.2 Å². The molecular weight excluding hydrogens is 446 g/mol. The highest BCUT2D eigenvalue weighted by atomic mass is 16.3. The van der Waals surface area contributed by atoms with Gasteiger partial charge in [0, 0.05) is 50.4 Å². The van der Waals surface area contributed by atoms with Crippen LogP contribution in [0, 0.1) is 0 Å². The Hall–Kier alpha value is -3.15. The molecule has 0 bridgehead atoms. The Morgan fingerprint density at radius 3 is 2.22 bits per heavy atom. The molecular formula is C31H39N3O2. The zero-order chi connectivity index (χ0) is 25.7. The fourth-order valence-electron chi connectivity index (χ4n) is 5.39. The van der Waals surface area contributed by atoms with Crippen molar-refractivity contribution in [2.24, 2.45) is 0 Å². The summed E-state index contributed by atoms with van der Waals surface area (Å²) in [6.45, 7) is 12.8. The maximum Gasteiger partial charge on any atom is 0.253 e. The number of aromatic hydroxyl groups is 1. The third kappa shape index (κ3) is 5.80. The molecule has 1 aliphatic rings. The summed E-state index contributed by atoms with van der Waals surface area (Å²) in [6, 6.07) is 27.0. The van der Waals surface area contributed by atoms with Gasteiger partial charge in [0.15, 0.2) is 0 Å². The molecule has 4 rings (SSSR count). The number of hydrogen-bond donors (Lipinski definition) is 1. The van der Waals surface area contributed by atoms with E-state index < -0.39 is 0 Å². The number of rotatable bonds is 8. The second-order valence-corrected chi connectivity index (χ2v) is 9.91. The summed E-state index contributed by atoms with van der Waals surface area (Å²) >= 11 is 0. The molecule has 3 aromatic rings. The zero-order valence-electron chi connectivity index (χ0n) is 22.0. The number of hydrogen-bond acceptors (Lipinski definition) is 4. The van der Waals surface area contributed by atoms with Crippen LogP contribution in [0.25, 0.3) is 0 Å². The Bertz CT molecular complexity index is 1130. The van der Waals surface area contributed by atoms with Crippen LogP contribution in [0.4, 0.5) is 0 Å². The second kappa shape index (κ2) is 11.7. The number of phenolic OH excluding ortho intramolecular Hbond substituents is 1. The number of carbonyl (C=O) groups is 1. The number of nitrogens with zero attached hydrogens (tertiary/aromatic N) is 3. The molecule has 190 valence electrons. The molecule has 5 heteroatoms. The van der Waals surface area contributed by atoms with Gasteiger partial charge in [0.1, 0.15) is 5.75 Å². The normalized spacial score (nSPS) is 19.7. The van der Waals surface area contributed by atoms with Crippen molar-refractivity contribution >= 4 is 5.91 Å². The molecule has 0 spiro atoms. The molecule has 36 heavy (non-hydrogen) atoms. The zero-order valence-corrected chi connectivity index (χ0v) is 22.0. The van der Waals surface area contributed by atoms with E-state index in [4.69, 9.17) is 0 Å². The minimum absolute atomic E-state index is 0.00830. The van der Waals surface area contributed by atoms with Crippen LogP contribution in [0.3, 0.4) is 0 Å². The summed E-state index contributed by atoms with van der Waals surface area (Å²) in [6.07, 6.45) is 0. The first-order chi connectivity index (χ1) is 17.4. The van der Waals surface area contributed by atoms with Crippen molar-refractivity contribution in [1.29, 1.82) is 0 Å². The van der Waals surface area contributed by atoms with Gasteiger partial charge < -0.3 is 10.0 Å². The van der Waals surface area contributed by atoms with Gasteiger partial charge in [-0.2, -0.15) is 0 Å². The van der Waals surface area contributed by atoms with Crippen LogP contribution in [0.2, 0.25) is 0 Å². The van der Waals surface area contributed by atoms with Crippen molar-refractivity contribution in [3.63, 3.8) is 0 Å². The molecule has 1 heterocycles. The van der Waals surface area contributed by atoms with E-state index in [-0.39, 0.29) is 17.7 Å². The first kappa shape index (κ1) is 25.9. The van der Waals surface area contributed by atoms with Crippen LogP contribution >= 0.6 is 0 Å². The van der Waals surface area contributed by atoms with E-state index in [0.717, 1.165) is 30.8 Å². The standard InChI is InChI=1S/C31H39N3O2/c1-5-32(6-2)31(36)27-17-15-26(16-18-27)30(28-13-10-14-29(35)19-28)34-21-23(3)33(20-24(34)4)22-25-11-8-7-9-12-25/h7-19,23-24,30,35H,5-6,20-22H2,1-4H3/t23-,24-,30?/m1/s1. The van der Waals surface area contributed by atoms with Crippen molar-refractivity contribution in [3.8, 4) is 5.75 Å². The van der Waals surface area contributed by atoms with Crippen LogP contribution in [0.5, 0.6) is 5.75 Å². The highest BCUT2D eigenvalue weighted by Gasteiger charge is 2.35. The Balaban J connectivity index is 1.62. The minimum atomic E-state index is -0.00830. The smallest absolute Gasteiger partial charge is 0.253 e. The largest absolute Gasteiger partial charge is 0.508 e. The topological polar surface area (TPSA) is 47.0 Å². The lowest BCUT2D eigenvalue weighted by Crippen LogP contribution is -2.56. The van der Waals surface area contributed by atoms with Gasteiger partial charge in [-0.25, -0.2) is 0 Å². The molecule has 3 atom stereocenters. The van der Waals surface area contributed by atoms with E-state index in [1.165, 1.54) is 5.56 Å². The minimum Gasteiger partial charge on any atom is -0.508 e. The van der Waals surface area contributed by atoms with E-state index in [1.54, 1.807) is 6.07 Å². The average molecular weight is 486 g/mol. The van der Waals surface area contributed by atoms with Crippen LogP contribution in [0.1, 0.15) is 60.8 Å². The third-order valence-corrected chi connectivity index (χ3v) is 7.43. The Labute approximate surface area is 216 Å². The number of amides is 1. The molecule has 5 nitrogen and oxygen atoms in total. The van der Waals surface area contributed by atoms with Gasteiger partial charge in [0.2, 0.25) is 0 Å². The van der Waals surface area contributed by atoms with Crippen LogP contribution in [0.15, 0.2) is 78.9 Å². The highest BCUT2D eigenvalue weighted by Crippen LogP contribution is 2.35. The lowest BCUT2D eigenvalue weighted by molar-refractivity contribution is 0.0195. The Kier molecular flexibility index (Phi) is 8.44. The second-order valence-electron chi connectivity index (χ2n) is 9.91. The molecule has 1 unspecified atom stereocenters. The van der Waals surface area contributed by atoms with Gasteiger partial charge in [-0.15, -0.1) is 0 Å². The summed E-state index contributed by atoms with van der Waals surface area (Å²) in [5, 5.41) is 10.3. The summed E-state index contributed by atoms with van der Waals surface area (Å²) in [5.41, 5.74) is 4.25. The van der Waals surface area contributed by atoms with Gasteiger partial charge >= 0.3 is 0 Å². The maximum atomic E-state index is 12.9. The lowest BCUT2D eigenvalue weighted by Gasteiger charge is -2.47. The molecule has 1 N–H and O–H groups in total. The highest BCUT2D eigenvalue weighted by molar-refractivity contribution is 5.94. The first-order valence-electron chi connectivity index (χ1n) is 13.1. The Morgan fingerprint density at radius 2 is 1.58 bits per heavy atom. The van der Waals surface area contributed by atoms with E-state index >= 15 is 0 Å². The van der Waals surface area contributed by atoms with Crippen LogP contribution < -0.4 is 0 Å². The van der Waals surface area contributed by atoms with Gasteiger partial charge in [-0.3, -0.25) is 14.6 Å². The van der Waals surface area contributed by atoms with Crippen molar-refractivity contribution in [1.82, 2.24) is 14.7 Å². The summed E-state index contributed by atoms with van der Waals surface area (Å²) in [4.78, 5) is 19.8. The van der Waals surface area contributed by atoms with Crippen LogP contribution in [-0.4, -0.2) is 64.0 Å². The molecule has 0 saturated carbocycles. The molecule has 1 fully saturated rings. The van der Waals surface area contributed by atoms with E-state index in [0.29, 0.717) is 30.7 Å². The molecule has 0 radical (unpaired) electrons. The molecule has 3 aromatic carbocycles. The quantitative estimate of drug-likeness (QED) is 0.454.